The van der Waals surface area contributed by atoms with E-state index in [1.54, 1.807) is 13.2 Å². The Kier molecular flexibility index (Phi) is 3.83. The third-order valence-corrected chi connectivity index (χ3v) is 6.01. The number of nitrogens with one attached hydrogen (secondary N) is 1. The molecule has 28 heavy (non-hydrogen) atoms. The molecule has 5 heteroatoms. The molecule has 0 amide bonds. The number of nitrogens with zero attached hydrogens (tertiary/aromatic N) is 1. The number of nitro benzene ring substituents is 1. The third kappa shape index (κ3) is 2.47. The molecule has 2 aliphatic rings. The lowest BCUT2D eigenvalue weighted by Gasteiger charge is -2.38. The van der Waals surface area contributed by atoms with E-state index in [-0.39, 0.29) is 22.6 Å². The van der Waals surface area contributed by atoms with E-state index < -0.39 is 0 Å². The second-order valence-electron chi connectivity index (χ2n) is 7.41. The fraction of sp³-hybridized carbons (Fsp3) is 0.217. The van der Waals surface area contributed by atoms with Gasteiger partial charge in [-0.2, -0.15) is 0 Å². The molecule has 3 unspecified atom stereocenters. The zero-order chi connectivity index (χ0) is 19.3. The van der Waals surface area contributed by atoms with Crippen LogP contribution in [0.2, 0.25) is 0 Å². The van der Waals surface area contributed by atoms with Crippen LogP contribution in [0.1, 0.15) is 29.5 Å². The van der Waals surface area contributed by atoms with Gasteiger partial charge < -0.3 is 10.1 Å². The summed E-state index contributed by atoms with van der Waals surface area (Å²) in [7, 11) is 1.56. The first-order chi connectivity index (χ1) is 13.7. The van der Waals surface area contributed by atoms with Crippen molar-refractivity contribution in [1.82, 2.24) is 0 Å². The molecule has 5 nitrogen and oxygen atoms in total. The maximum atomic E-state index is 11.4. The predicted octanol–water partition coefficient (Wildman–Crippen LogP) is 5.58. The highest BCUT2D eigenvalue weighted by molar-refractivity contribution is 5.87. The van der Waals surface area contributed by atoms with Crippen LogP contribution in [0.5, 0.6) is 5.75 Å². The number of anilines is 1. The predicted molar refractivity (Wildman–Crippen MR) is 110 cm³/mol. The average molecular weight is 372 g/mol. The van der Waals surface area contributed by atoms with Crippen LogP contribution in [0.4, 0.5) is 11.4 Å². The molecule has 1 N–H and O–H groups in total. The number of rotatable bonds is 3. The Morgan fingerprint density at radius 2 is 1.93 bits per heavy atom. The first-order valence-corrected chi connectivity index (χ1v) is 9.44. The summed E-state index contributed by atoms with van der Waals surface area (Å²) >= 11 is 0. The van der Waals surface area contributed by atoms with Crippen molar-refractivity contribution in [1.29, 1.82) is 0 Å². The van der Waals surface area contributed by atoms with E-state index in [0.29, 0.717) is 11.7 Å². The SMILES string of the molecule is COc1cc([N+](=O)[O-])cc2c1NC(c1cccc3ccccc13)C1CC=CC21. The number of nitro groups is 1. The smallest absolute Gasteiger partial charge is 0.273 e. The maximum Gasteiger partial charge on any atom is 0.273 e. The third-order valence-electron chi connectivity index (χ3n) is 6.01. The van der Waals surface area contributed by atoms with Crippen molar-refractivity contribution in [2.24, 2.45) is 5.92 Å². The molecule has 0 saturated heterocycles. The van der Waals surface area contributed by atoms with Gasteiger partial charge in [-0.3, -0.25) is 10.1 Å². The van der Waals surface area contributed by atoms with Crippen LogP contribution in [-0.4, -0.2) is 12.0 Å². The van der Waals surface area contributed by atoms with Crippen molar-refractivity contribution < 1.29 is 9.66 Å². The largest absolute Gasteiger partial charge is 0.494 e. The van der Waals surface area contributed by atoms with Crippen LogP contribution < -0.4 is 10.1 Å². The zero-order valence-corrected chi connectivity index (χ0v) is 15.5. The molecule has 3 atom stereocenters. The Labute approximate surface area is 162 Å². The average Bonchev–Trinajstić information content (AvgIpc) is 3.22. The van der Waals surface area contributed by atoms with Gasteiger partial charge in [-0.15, -0.1) is 0 Å². The van der Waals surface area contributed by atoms with Gasteiger partial charge in [-0.25, -0.2) is 0 Å². The molecule has 1 aliphatic heterocycles. The highest BCUT2D eigenvalue weighted by Crippen LogP contribution is 2.53. The topological polar surface area (TPSA) is 64.4 Å². The van der Waals surface area contributed by atoms with Gasteiger partial charge >= 0.3 is 0 Å². The molecule has 5 rings (SSSR count). The minimum absolute atomic E-state index is 0.0695. The van der Waals surface area contributed by atoms with E-state index in [0.717, 1.165) is 17.7 Å². The minimum atomic E-state index is -0.354. The van der Waals surface area contributed by atoms with Crippen LogP contribution >= 0.6 is 0 Å². The molecular formula is C23H20N2O3. The number of hydrogen-bond acceptors (Lipinski definition) is 4. The number of ether oxygens (including phenoxy) is 1. The lowest BCUT2D eigenvalue weighted by atomic mass is 9.76. The van der Waals surface area contributed by atoms with Gasteiger partial charge in [0.1, 0.15) is 5.75 Å². The first kappa shape index (κ1) is 16.8. The van der Waals surface area contributed by atoms with Gasteiger partial charge in [-0.1, -0.05) is 54.6 Å². The molecular weight excluding hydrogens is 352 g/mol. The second-order valence-corrected chi connectivity index (χ2v) is 7.41. The number of allylic oxidation sites excluding steroid dienone is 2. The van der Waals surface area contributed by atoms with E-state index in [2.05, 4.69) is 59.9 Å². The van der Waals surface area contributed by atoms with Crippen LogP contribution in [0.3, 0.4) is 0 Å². The lowest BCUT2D eigenvalue weighted by Crippen LogP contribution is -2.29. The maximum absolute atomic E-state index is 11.4. The van der Waals surface area contributed by atoms with E-state index >= 15 is 0 Å². The summed E-state index contributed by atoms with van der Waals surface area (Å²) in [6.07, 6.45) is 5.32. The summed E-state index contributed by atoms with van der Waals surface area (Å²) in [4.78, 5) is 11.0. The van der Waals surface area contributed by atoms with Crippen LogP contribution in [-0.2, 0) is 0 Å². The standard InChI is InChI=1S/C23H20N2O3/c1-28-21-13-15(25(26)27)12-20-17-9-5-11-19(17)22(24-23(20)21)18-10-4-7-14-6-2-3-8-16(14)18/h2-10,12-13,17,19,22,24H,11H2,1H3. The summed E-state index contributed by atoms with van der Waals surface area (Å²) in [5.74, 6) is 0.965. The molecule has 0 spiro atoms. The summed E-state index contributed by atoms with van der Waals surface area (Å²) in [6, 6.07) is 18.1. The first-order valence-electron chi connectivity index (χ1n) is 9.44. The Bertz CT molecular complexity index is 1120. The number of methoxy groups -OCH3 is 1. The molecule has 140 valence electrons. The zero-order valence-electron chi connectivity index (χ0n) is 15.5. The van der Waals surface area contributed by atoms with Crippen LogP contribution in [0.25, 0.3) is 10.8 Å². The van der Waals surface area contributed by atoms with Crippen LogP contribution in [0, 0.1) is 16.0 Å². The Hall–Kier alpha value is -3.34. The molecule has 3 aromatic rings. The van der Waals surface area contributed by atoms with E-state index in [1.165, 1.54) is 22.4 Å². The number of benzene rings is 3. The molecule has 0 saturated carbocycles. The fourth-order valence-electron chi connectivity index (χ4n) is 4.75. The minimum Gasteiger partial charge on any atom is -0.494 e. The van der Waals surface area contributed by atoms with Crippen molar-refractivity contribution in [2.75, 3.05) is 12.4 Å². The molecule has 3 aromatic carbocycles. The van der Waals surface area contributed by atoms with Gasteiger partial charge in [0.25, 0.3) is 5.69 Å². The Morgan fingerprint density at radius 1 is 1.11 bits per heavy atom. The van der Waals surface area contributed by atoms with Crippen molar-refractivity contribution in [3.63, 3.8) is 0 Å². The molecule has 1 heterocycles. The van der Waals surface area contributed by atoms with Gasteiger partial charge in [0.15, 0.2) is 0 Å². The summed E-state index contributed by atoms with van der Waals surface area (Å²) in [5, 5.41) is 17.5. The molecule has 0 aromatic heterocycles. The summed E-state index contributed by atoms with van der Waals surface area (Å²) < 4.78 is 5.53. The van der Waals surface area contributed by atoms with Crippen molar-refractivity contribution in [3.05, 3.63) is 88.0 Å². The number of non-ortho nitro benzene ring substituents is 1. The number of fused-ring (bicyclic) bond motifs is 4. The van der Waals surface area contributed by atoms with Crippen molar-refractivity contribution in [3.8, 4) is 5.75 Å². The van der Waals surface area contributed by atoms with E-state index in [9.17, 15) is 10.1 Å². The number of hydrogen-bond donors (Lipinski definition) is 1. The highest BCUT2D eigenvalue weighted by atomic mass is 16.6. The quantitative estimate of drug-likeness (QED) is 0.370. The summed E-state index contributed by atoms with van der Waals surface area (Å²) in [5.41, 5.74) is 3.13. The van der Waals surface area contributed by atoms with E-state index in [1.807, 2.05) is 0 Å². The highest BCUT2D eigenvalue weighted by Gasteiger charge is 2.40. The van der Waals surface area contributed by atoms with Gasteiger partial charge in [0, 0.05) is 12.0 Å². The van der Waals surface area contributed by atoms with Gasteiger partial charge in [0.2, 0.25) is 0 Å². The fourth-order valence-corrected chi connectivity index (χ4v) is 4.75. The second kappa shape index (κ2) is 6.37. The Balaban J connectivity index is 1.69. The van der Waals surface area contributed by atoms with Gasteiger partial charge in [-0.05, 0) is 34.2 Å². The van der Waals surface area contributed by atoms with E-state index in [4.69, 9.17) is 4.74 Å². The van der Waals surface area contributed by atoms with Crippen molar-refractivity contribution >= 4 is 22.1 Å². The lowest BCUT2D eigenvalue weighted by molar-refractivity contribution is -0.385. The molecule has 0 bridgehead atoms. The monoisotopic (exact) mass is 372 g/mol. The van der Waals surface area contributed by atoms with Crippen molar-refractivity contribution in [2.45, 2.75) is 18.4 Å². The van der Waals surface area contributed by atoms with Crippen LogP contribution in [0.15, 0.2) is 66.7 Å². The molecule has 0 fully saturated rings. The molecule has 0 radical (unpaired) electrons. The Morgan fingerprint density at radius 3 is 2.75 bits per heavy atom. The normalized spacial score (nSPS) is 22.4. The van der Waals surface area contributed by atoms with Gasteiger partial charge in [0.05, 0.1) is 29.8 Å². The summed E-state index contributed by atoms with van der Waals surface area (Å²) in [6.45, 7) is 0. The molecule has 1 aliphatic carbocycles.